The Morgan fingerprint density at radius 3 is 2.32 bits per heavy atom. The van der Waals surface area contributed by atoms with Crippen LogP contribution in [0.4, 0.5) is 11.4 Å². The third kappa shape index (κ3) is 7.82. The number of benzene rings is 3. The molecule has 0 spiro atoms. The number of nitrogens with one attached hydrogen (secondary N) is 1. The summed E-state index contributed by atoms with van der Waals surface area (Å²) in [7, 11) is -2.83. The number of hydrogen-bond acceptors (Lipinski definition) is 7. The van der Waals surface area contributed by atoms with Gasteiger partial charge in [-0.05, 0) is 56.2 Å². The Hall–Kier alpha value is -4.45. The number of nitro benzene ring substituents is 1. The fourth-order valence-corrected chi connectivity index (χ4v) is 5.45. The van der Waals surface area contributed by atoms with E-state index in [-0.39, 0.29) is 28.9 Å². The van der Waals surface area contributed by atoms with E-state index in [0.717, 1.165) is 10.4 Å². The van der Waals surface area contributed by atoms with Crippen molar-refractivity contribution in [3.8, 4) is 5.75 Å². The van der Waals surface area contributed by atoms with Gasteiger partial charge in [-0.1, -0.05) is 43.3 Å². The number of ether oxygens (including phenoxy) is 1. The number of nitrogens with zero attached hydrogens (tertiary/aromatic N) is 3. The minimum absolute atomic E-state index is 0.0146. The Morgan fingerprint density at radius 2 is 1.68 bits per heavy atom. The van der Waals surface area contributed by atoms with E-state index in [1.165, 1.54) is 54.5 Å². The standard InChI is InChI=1S/C29H34N4O7S/c1-5-21(2)30-29(35)22(3)31(19-23-11-9-14-26(17-23)40-4)28(34)20-32(24-12-10-13-25(18-24)33(36)37)41(38,39)27-15-7-6-8-16-27/h6-18,21-22H,5,19-20H2,1-4H3,(H,30,35)/t21-,22+/m0/s1. The van der Waals surface area contributed by atoms with Gasteiger partial charge >= 0.3 is 0 Å². The van der Waals surface area contributed by atoms with Crippen LogP contribution in [0.5, 0.6) is 5.75 Å². The van der Waals surface area contributed by atoms with E-state index in [2.05, 4.69) is 5.32 Å². The first-order valence-electron chi connectivity index (χ1n) is 13.0. The van der Waals surface area contributed by atoms with Crippen LogP contribution in [0.15, 0.2) is 83.8 Å². The summed E-state index contributed by atoms with van der Waals surface area (Å²) in [5.41, 5.74) is 0.265. The van der Waals surface area contributed by atoms with Crippen LogP contribution in [0.2, 0.25) is 0 Å². The van der Waals surface area contributed by atoms with E-state index >= 15 is 0 Å². The number of anilines is 1. The molecule has 0 saturated carbocycles. The van der Waals surface area contributed by atoms with Crippen LogP contribution in [-0.4, -0.2) is 55.8 Å². The highest BCUT2D eigenvalue weighted by molar-refractivity contribution is 7.92. The molecule has 1 N–H and O–H groups in total. The maximum absolute atomic E-state index is 14.0. The number of carbonyl (C=O) groups excluding carboxylic acids is 2. The molecule has 3 rings (SSSR count). The lowest BCUT2D eigenvalue weighted by atomic mass is 10.1. The fourth-order valence-electron chi connectivity index (χ4n) is 4.03. The molecule has 12 heteroatoms. The molecule has 11 nitrogen and oxygen atoms in total. The van der Waals surface area contributed by atoms with Crippen molar-refractivity contribution in [3.05, 3.63) is 94.5 Å². The van der Waals surface area contributed by atoms with E-state index in [4.69, 9.17) is 4.74 Å². The Balaban J connectivity index is 2.06. The predicted octanol–water partition coefficient (Wildman–Crippen LogP) is 4.13. The number of nitro groups is 1. The van der Waals surface area contributed by atoms with Gasteiger partial charge in [-0.2, -0.15) is 0 Å². The number of carbonyl (C=O) groups is 2. The van der Waals surface area contributed by atoms with Crippen molar-refractivity contribution in [2.75, 3.05) is 18.0 Å². The first kappa shape index (κ1) is 31.1. The van der Waals surface area contributed by atoms with Crippen molar-refractivity contribution in [1.82, 2.24) is 10.2 Å². The van der Waals surface area contributed by atoms with Crippen LogP contribution >= 0.6 is 0 Å². The van der Waals surface area contributed by atoms with Crippen molar-refractivity contribution in [3.63, 3.8) is 0 Å². The maximum atomic E-state index is 14.0. The van der Waals surface area contributed by atoms with Crippen LogP contribution in [0, 0.1) is 10.1 Å². The molecule has 0 aliphatic heterocycles. The van der Waals surface area contributed by atoms with E-state index in [9.17, 15) is 28.1 Å². The SMILES string of the molecule is CC[C@H](C)NC(=O)[C@@H](C)N(Cc1cccc(OC)c1)C(=O)CN(c1cccc([N+](=O)[O-])c1)S(=O)(=O)c1ccccc1. The Bertz CT molecular complexity index is 1480. The van der Waals surface area contributed by atoms with E-state index in [1.54, 1.807) is 37.3 Å². The predicted molar refractivity (Wildman–Crippen MR) is 155 cm³/mol. The number of hydrogen-bond donors (Lipinski definition) is 1. The Kier molecular flexibility index (Phi) is 10.4. The van der Waals surface area contributed by atoms with Crippen molar-refractivity contribution in [1.29, 1.82) is 0 Å². The van der Waals surface area contributed by atoms with E-state index in [1.807, 2.05) is 13.8 Å². The summed E-state index contributed by atoms with van der Waals surface area (Å²) in [6, 6.07) is 18.4. The number of methoxy groups -OCH3 is 1. The lowest BCUT2D eigenvalue weighted by Gasteiger charge is -2.32. The maximum Gasteiger partial charge on any atom is 0.271 e. The van der Waals surface area contributed by atoms with Gasteiger partial charge in [0.2, 0.25) is 11.8 Å². The summed E-state index contributed by atoms with van der Waals surface area (Å²) in [6.45, 7) is 4.61. The molecule has 3 aromatic rings. The highest BCUT2D eigenvalue weighted by Gasteiger charge is 2.33. The van der Waals surface area contributed by atoms with Crippen LogP contribution in [0.25, 0.3) is 0 Å². The summed E-state index contributed by atoms with van der Waals surface area (Å²) < 4.78 is 33.7. The van der Waals surface area contributed by atoms with Gasteiger partial charge < -0.3 is 15.0 Å². The van der Waals surface area contributed by atoms with Gasteiger partial charge in [0, 0.05) is 24.7 Å². The summed E-state index contributed by atoms with van der Waals surface area (Å²) in [6.07, 6.45) is 0.679. The topological polar surface area (TPSA) is 139 Å². The molecule has 2 amide bonds. The minimum Gasteiger partial charge on any atom is -0.497 e. The van der Waals surface area contributed by atoms with Crippen molar-refractivity contribution >= 4 is 33.2 Å². The fraction of sp³-hybridized carbons (Fsp3) is 0.310. The third-order valence-electron chi connectivity index (χ3n) is 6.59. The lowest BCUT2D eigenvalue weighted by Crippen LogP contribution is -2.52. The Morgan fingerprint density at radius 1 is 1.00 bits per heavy atom. The summed E-state index contributed by atoms with van der Waals surface area (Å²) >= 11 is 0. The molecule has 0 bridgehead atoms. The molecular formula is C29H34N4O7S. The molecule has 0 heterocycles. The number of sulfonamides is 1. The van der Waals surface area contributed by atoms with Crippen molar-refractivity contribution < 1.29 is 27.7 Å². The molecule has 0 unspecified atom stereocenters. The molecule has 3 aromatic carbocycles. The van der Waals surface area contributed by atoms with Gasteiger partial charge in [-0.3, -0.25) is 24.0 Å². The molecule has 0 aromatic heterocycles. The molecule has 0 fully saturated rings. The molecule has 2 atom stereocenters. The molecular weight excluding hydrogens is 548 g/mol. The number of rotatable bonds is 13. The number of non-ortho nitro benzene ring substituents is 1. The monoisotopic (exact) mass is 582 g/mol. The van der Waals surface area contributed by atoms with E-state index in [0.29, 0.717) is 17.7 Å². The van der Waals surface area contributed by atoms with Gasteiger partial charge in [-0.25, -0.2) is 8.42 Å². The average Bonchev–Trinajstić information content (AvgIpc) is 2.98. The first-order chi connectivity index (χ1) is 19.5. The molecule has 218 valence electrons. The third-order valence-corrected chi connectivity index (χ3v) is 8.38. The van der Waals surface area contributed by atoms with Crippen LogP contribution in [-0.2, 0) is 26.2 Å². The van der Waals surface area contributed by atoms with Gasteiger partial charge in [-0.15, -0.1) is 0 Å². The van der Waals surface area contributed by atoms with Crippen LogP contribution < -0.4 is 14.4 Å². The van der Waals surface area contributed by atoms with Crippen molar-refractivity contribution in [2.24, 2.45) is 0 Å². The molecule has 41 heavy (non-hydrogen) atoms. The summed E-state index contributed by atoms with van der Waals surface area (Å²) in [5.74, 6) is -0.523. The van der Waals surface area contributed by atoms with Crippen LogP contribution in [0.3, 0.4) is 0 Å². The highest BCUT2D eigenvalue weighted by Crippen LogP contribution is 2.27. The minimum atomic E-state index is -4.33. The van der Waals surface area contributed by atoms with Gasteiger partial charge in [0.25, 0.3) is 15.7 Å². The zero-order chi connectivity index (χ0) is 30.2. The van der Waals surface area contributed by atoms with Crippen molar-refractivity contribution in [2.45, 2.75) is 50.7 Å². The summed E-state index contributed by atoms with van der Waals surface area (Å²) in [5, 5.41) is 14.3. The second kappa shape index (κ2) is 13.8. The smallest absolute Gasteiger partial charge is 0.271 e. The second-order valence-corrected chi connectivity index (χ2v) is 11.3. The normalized spacial score (nSPS) is 12.6. The van der Waals surface area contributed by atoms with Crippen LogP contribution in [0.1, 0.15) is 32.8 Å². The average molecular weight is 583 g/mol. The number of amides is 2. The lowest BCUT2D eigenvalue weighted by molar-refractivity contribution is -0.384. The van der Waals surface area contributed by atoms with Gasteiger partial charge in [0.1, 0.15) is 18.3 Å². The molecule has 0 aliphatic rings. The quantitative estimate of drug-likeness (QED) is 0.236. The zero-order valence-corrected chi connectivity index (χ0v) is 24.2. The molecule has 0 radical (unpaired) electrons. The second-order valence-electron chi connectivity index (χ2n) is 9.47. The van der Waals surface area contributed by atoms with E-state index < -0.39 is 39.3 Å². The first-order valence-corrected chi connectivity index (χ1v) is 14.5. The molecule has 0 saturated heterocycles. The largest absolute Gasteiger partial charge is 0.497 e. The highest BCUT2D eigenvalue weighted by atomic mass is 32.2. The zero-order valence-electron chi connectivity index (χ0n) is 23.4. The van der Waals surface area contributed by atoms with Gasteiger partial charge in [0.05, 0.1) is 22.6 Å². The van der Waals surface area contributed by atoms with Gasteiger partial charge in [0.15, 0.2) is 0 Å². The summed E-state index contributed by atoms with van der Waals surface area (Å²) in [4.78, 5) is 39.1. The Labute approximate surface area is 239 Å². The molecule has 0 aliphatic carbocycles.